The minimum absolute atomic E-state index is 0.0454. The predicted molar refractivity (Wildman–Crippen MR) is 78.4 cm³/mol. The minimum atomic E-state index is 0.0454. The number of aryl methyl sites for hydroxylation is 2. The van der Waals surface area contributed by atoms with Crippen LogP contribution in [0.2, 0.25) is 0 Å². The Morgan fingerprint density at radius 1 is 1.16 bits per heavy atom. The van der Waals surface area contributed by atoms with E-state index in [4.69, 9.17) is 0 Å². The first kappa shape index (κ1) is 13.6. The van der Waals surface area contributed by atoms with Crippen molar-refractivity contribution < 1.29 is 0 Å². The molecule has 0 aliphatic carbocycles. The lowest BCUT2D eigenvalue weighted by atomic mass is 9.99. The van der Waals surface area contributed by atoms with Gasteiger partial charge >= 0.3 is 0 Å². The van der Waals surface area contributed by atoms with Crippen molar-refractivity contribution >= 4 is 0 Å². The Kier molecular flexibility index (Phi) is 4.17. The molecule has 1 unspecified atom stereocenters. The van der Waals surface area contributed by atoms with Crippen LogP contribution in [-0.4, -0.2) is 11.6 Å². The van der Waals surface area contributed by atoms with Crippen LogP contribution in [0.1, 0.15) is 22.7 Å². The van der Waals surface area contributed by atoms with Crippen molar-refractivity contribution in [2.45, 2.75) is 26.4 Å². The number of pyridine rings is 1. The molecular weight excluding hydrogens is 236 g/mol. The van der Waals surface area contributed by atoms with E-state index in [-0.39, 0.29) is 11.5 Å². The van der Waals surface area contributed by atoms with Gasteiger partial charge in [-0.1, -0.05) is 23.8 Å². The van der Waals surface area contributed by atoms with E-state index in [0.717, 1.165) is 6.54 Å². The second-order valence-corrected chi connectivity index (χ2v) is 4.93. The highest BCUT2D eigenvalue weighted by Crippen LogP contribution is 2.20. The number of hydrogen-bond donors (Lipinski definition) is 1. The van der Waals surface area contributed by atoms with Gasteiger partial charge in [0.2, 0.25) is 0 Å². The zero-order valence-electron chi connectivity index (χ0n) is 11.7. The maximum atomic E-state index is 11.1. The lowest BCUT2D eigenvalue weighted by Gasteiger charge is -2.21. The summed E-state index contributed by atoms with van der Waals surface area (Å²) in [6.45, 7) is 5.04. The average molecular weight is 256 g/mol. The van der Waals surface area contributed by atoms with Gasteiger partial charge in [-0.2, -0.15) is 0 Å². The van der Waals surface area contributed by atoms with Gasteiger partial charge < -0.3 is 9.88 Å². The number of rotatable bonds is 4. The number of aromatic nitrogens is 1. The summed E-state index contributed by atoms with van der Waals surface area (Å²) in [6.07, 6.45) is 3.66. The summed E-state index contributed by atoms with van der Waals surface area (Å²) < 4.78 is 2.03. The Labute approximate surface area is 113 Å². The molecule has 0 fully saturated rings. The van der Waals surface area contributed by atoms with Gasteiger partial charge in [-0.05, 0) is 32.0 Å². The van der Waals surface area contributed by atoms with Gasteiger partial charge in [0, 0.05) is 31.1 Å². The Hall–Kier alpha value is -1.87. The SMILES string of the molecule is CNC(Cn1ccc(=O)cc1)c1cc(C)ccc1C. The van der Waals surface area contributed by atoms with Gasteiger partial charge in [0.25, 0.3) is 0 Å². The van der Waals surface area contributed by atoms with Crippen LogP contribution in [0.15, 0.2) is 47.5 Å². The molecule has 19 heavy (non-hydrogen) atoms. The molecule has 0 aliphatic rings. The van der Waals surface area contributed by atoms with E-state index in [1.54, 1.807) is 12.1 Å². The van der Waals surface area contributed by atoms with E-state index < -0.39 is 0 Å². The molecule has 1 aromatic heterocycles. The van der Waals surface area contributed by atoms with Crippen LogP contribution in [0.5, 0.6) is 0 Å². The van der Waals surface area contributed by atoms with E-state index in [2.05, 4.69) is 37.4 Å². The number of nitrogens with one attached hydrogen (secondary N) is 1. The monoisotopic (exact) mass is 256 g/mol. The first-order valence-electron chi connectivity index (χ1n) is 6.50. The van der Waals surface area contributed by atoms with Gasteiger partial charge in [0.05, 0.1) is 6.04 Å². The highest BCUT2D eigenvalue weighted by atomic mass is 16.1. The Morgan fingerprint density at radius 3 is 2.47 bits per heavy atom. The van der Waals surface area contributed by atoms with Crippen molar-refractivity contribution in [3.8, 4) is 0 Å². The van der Waals surface area contributed by atoms with Gasteiger partial charge in [-0.25, -0.2) is 0 Å². The summed E-state index contributed by atoms with van der Waals surface area (Å²) in [4.78, 5) is 11.1. The van der Waals surface area contributed by atoms with Crippen molar-refractivity contribution in [3.05, 3.63) is 69.6 Å². The van der Waals surface area contributed by atoms with Crippen molar-refractivity contribution in [3.63, 3.8) is 0 Å². The molecule has 0 radical (unpaired) electrons. The summed E-state index contributed by atoms with van der Waals surface area (Å²) >= 11 is 0. The smallest absolute Gasteiger partial charge is 0.181 e. The van der Waals surface area contributed by atoms with E-state index in [9.17, 15) is 4.79 Å². The Morgan fingerprint density at radius 2 is 1.84 bits per heavy atom. The Balaban J connectivity index is 2.27. The average Bonchev–Trinajstić information content (AvgIpc) is 2.41. The number of benzene rings is 1. The lowest BCUT2D eigenvalue weighted by Crippen LogP contribution is -2.23. The zero-order chi connectivity index (χ0) is 13.8. The third kappa shape index (κ3) is 3.32. The summed E-state index contributed by atoms with van der Waals surface area (Å²) in [5.74, 6) is 0. The van der Waals surface area contributed by atoms with E-state index in [0.29, 0.717) is 0 Å². The highest BCUT2D eigenvalue weighted by molar-refractivity contribution is 5.33. The second kappa shape index (κ2) is 5.85. The molecule has 0 bridgehead atoms. The fourth-order valence-electron chi connectivity index (χ4n) is 2.26. The van der Waals surface area contributed by atoms with Crippen LogP contribution in [-0.2, 0) is 6.54 Å². The lowest BCUT2D eigenvalue weighted by molar-refractivity contribution is 0.496. The van der Waals surface area contributed by atoms with E-state index in [1.165, 1.54) is 16.7 Å². The number of likely N-dealkylation sites (N-methyl/N-ethyl adjacent to an activating group) is 1. The first-order valence-corrected chi connectivity index (χ1v) is 6.50. The van der Waals surface area contributed by atoms with E-state index in [1.807, 2.05) is 24.0 Å². The van der Waals surface area contributed by atoms with Crippen LogP contribution in [0, 0.1) is 13.8 Å². The maximum Gasteiger partial charge on any atom is 0.181 e. The molecule has 1 N–H and O–H groups in total. The van der Waals surface area contributed by atoms with Crippen molar-refractivity contribution in [1.82, 2.24) is 9.88 Å². The van der Waals surface area contributed by atoms with Crippen LogP contribution < -0.4 is 10.7 Å². The largest absolute Gasteiger partial charge is 0.352 e. The van der Waals surface area contributed by atoms with Crippen LogP contribution in [0.4, 0.5) is 0 Å². The van der Waals surface area contributed by atoms with Gasteiger partial charge in [0.15, 0.2) is 5.43 Å². The van der Waals surface area contributed by atoms with Crippen molar-refractivity contribution in [2.24, 2.45) is 0 Å². The van der Waals surface area contributed by atoms with Gasteiger partial charge in [-0.3, -0.25) is 4.79 Å². The molecule has 100 valence electrons. The van der Waals surface area contributed by atoms with E-state index >= 15 is 0 Å². The van der Waals surface area contributed by atoms with Crippen LogP contribution >= 0.6 is 0 Å². The molecule has 2 rings (SSSR count). The van der Waals surface area contributed by atoms with Crippen molar-refractivity contribution in [1.29, 1.82) is 0 Å². The molecule has 0 spiro atoms. The van der Waals surface area contributed by atoms with Crippen LogP contribution in [0.3, 0.4) is 0 Å². The molecule has 1 aromatic carbocycles. The molecule has 0 saturated carbocycles. The second-order valence-electron chi connectivity index (χ2n) is 4.93. The molecule has 2 aromatic rings. The maximum absolute atomic E-state index is 11.1. The minimum Gasteiger partial charge on any atom is -0.352 e. The normalized spacial score (nSPS) is 12.4. The standard InChI is InChI=1S/C16H20N2O/c1-12-4-5-13(2)15(10-12)16(17-3)11-18-8-6-14(19)7-9-18/h4-10,16-17H,11H2,1-3H3. The van der Waals surface area contributed by atoms with Crippen molar-refractivity contribution in [2.75, 3.05) is 7.05 Å². The molecule has 0 aliphatic heterocycles. The molecule has 0 amide bonds. The third-order valence-corrected chi connectivity index (χ3v) is 3.41. The number of hydrogen-bond acceptors (Lipinski definition) is 2. The Bertz CT molecular complexity index is 596. The topological polar surface area (TPSA) is 34.0 Å². The fraction of sp³-hybridized carbons (Fsp3) is 0.312. The highest BCUT2D eigenvalue weighted by Gasteiger charge is 2.12. The fourth-order valence-corrected chi connectivity index (χ4v) is 2.26. The summed E-state index contributed by atoms with van der Waals surface area (Å²) in [7, 11) is 1.97. The summed E-state index contributed by atoms with van der Waals surface area (Å²) in [5, 5.41) is 3.35. The molecule has 0 saturated heterocycles. The predicted octanol–water partition coefficient (Wildman–Crippen LogP) is 2.43. The van der Waals surface area contributed by atoms with Gasteiger partial charge in [-0.15, -0.1) is 0 Å². The quantitative estimate of drug-likeness (QED) is 0.911. The first-order chi connectivity index (χ1) is 9.10. The zero-order valence-corrected chi connectivity index (χ0v) is 11.7. The summed E-state index contributed by atoms with van der Waals surface area (Å²) in [5.41, 5.74) is 3.90. The molecule has 3 nitrogen and oxygen atoms in total. The third-order valence-electron chi connectivity index (χ3n) is 3.41. The molecule has 1 atom stereocenters. The molecule has 1 heterocycles. The molecule has 3 heteroatoms. The van der Waals surface area contributed by atoms with Gasteiger partial charge in [0.1, 0.15) is 0 Å². The van der Waals surface area contributed by atoms with Crippen LogP contribution in [0.25, 0.3) is 0 Å². The molecular formula is C16H20N2O. The number of nitrogens with zero attached hydrogens (tertiary/aromatic N) is 1. The summed E-state index contributed by atoms with van der Waals surface area (Å²) in [6, 6.07) is 9.93.